The van der Waals surface area contributed by atoms with E-state index in [2.05, 4.69) is 0 Å². The molecule has 92 valence electrons. The number of alkyl halides is 3. The number of hydrogen-bond acceptors (Lipinski definition) is 2. The Bertz CT molecular complexity index is 343. The lowest BCUT2D eigenvalue weighted by Crippen LogP contribution is -2.39. The molecule has 0 spiro atoms. The van der Waals surface area contributed by atoms with Crippen LogP contribution in [0.2, 0.25) is 0 Å². The van der Waals surface area contributed by atoms with E-state index in [4.69, 9.17) is 10.8 Å². The fraction of sp³-hybridized carbons (Fsp3) is 0.400. The van der Waals surface area contributed by atoms with E-state index in [-0.39, 0.29) is 12.4 Å². The minimum atomic E-state index is -4.69. The minimum Gasteiger partial charge on any atom is -0.382 e. The van der Waals surface area contributed by atoms with E-state index in [1.54, 1.807) is 25.1 Å². The first-order chi connectivity index (χ1) is 6.84. The van der Waals surface area contributed by atoms with Crippen molar-refractivity contribution in [1.29, 1.82) is 0 Å². The summed E-state index contributed by atoms with van der Waals surface area (Å²) in [6.45, 7) is 1.65. The Morgan fingerprint density at radius 1 is 1.25 bits per heavy atom. The SMILES string of the molecule is Cc1ccccc1[C@H](N)[C@H](O)C(F)(F)F.Cl. The fourth-order valence-corrected chi connectivity index (χ4v) is 1.33. The van der Waals surface area contributed by atoms with Gasteiger partial charge in [-0.15, -0.1) is 12.4 Å². The smallest absolute Gasteiger partial charge is 0.382 e. The molecule has 0 unspecified atom stereocenters. The molecule has 1 aromatic carbocycles. The Morgan fingerprint density at radius 2 is 1.75 bits per heavy atom. The third-order valence-corrected chi connectivity index (χ3v) is 2.22. The number of aliphatic hydroxyl groups is 1. The standard InChI is InChI=1S/C10H12F3NO.ClH/c1-6-4-2-3-5-7(6)8(14)9(15)10(11,12)13;/h2-5,8-9,15H,14H2,1H3;1H/t8-,9-;/m0./s1. The van der Waals surface area contributed by atoms with Crippen molar-refractivity contribution in [2.45, 2.75) is 25.2 Å². The van der Waals surface area contributed by atoms with Crippen LogP contribution in [0.15, 0.2) is 24.3 Å². The van der Waals surface area contributed by atoms with Gasteiger partial charge < -0.3 is 10.8 Å². The summed E-state index contributed by atoms with van der Waals surface area (Å²) in [4.78, 5) is 0. The summed E-state index contributed by atoms with van der Waals surface area (Å²) in [6, 6.07) is 4.98. The summed E-state index contributed by atoms with van der Waals surface area (Å²) in [5.74, 6) is 0. The molecule has 1 rings (SSSR count). The van der Waals surface area contributed by atoms with Crippen molar-refractivity contribution in [3.63, 3.8) is 0 Å². The van der Waals surface area contributed by atoms with Gasteiger partial charge in [-0.05, 0) is 18.1 Å². The van der Waals surface area contributed by atoms with Crippen LogP contribution in [0.1, 0.15) is 17.2 Å². The lowest BCUT2D eigenvalue weighted by atomic mass is 9.97. The van der Waals surface area contributed by atoms with E-state index in [0.717, 1.165) is 0 Å². The maximum atomic E-state index is 12.2. The monoisotopic (exact) mass is 255 g/mol. The second kappa shape index (κ2) is 5.52. The van der Waals surface area contributed by atoms with Crippen molar-refractivity contribution in [2.24, 2.45) is 5.73 Å². The Kier molecular flexibility index (Phi) is 5.25. The van der Waals surface area contributed by atoms with Gasteiger partial charge in [-0.25, -0.2) is 0 Å². The van der Waals surface area contributed by atoms with Gasteiger partial charge in [0.05, 0.1) is 6.04 Å². The van der Waals surface area contributed by atoms with Crippen LogP contribution in [0.4, 0.5) is 13.2 Å². The molecule has 0 radical (unpaired) electrons. The van der Waals surface area contributed by atoms with Gasteiger partial charge in [0.25, 0.3) is 0 Å². The Balaban J connectivity index is 0.00000225. The molecule has 0 aliphatic heterocycles. The van der Waals surface area contributed by atoms with Crippen LogP contribution >= 0.6 is 12.4 Å². The molecule has 0 heterocycles. The van der Waals surface area contributed by atoms with Crippen molar-refractivity contribution in [1.82, 2.24) is 0 Å². The molecule has 0 aliphatic carbocycles. The van der Waals surface area contributed by atoms with E-state index in [0.29, 0.717) is 11.1 Å². The highest BCUT2D eigenvalue weighted by Crippen LogP contribution is 2.29. The second-order valence-electron chi connectivity index (χ2n) is 3.37. The van der Waals surface area contributed by atoms with Crippen LogP contribution in [0.25, 0.3) is 0 Å². The Hall–Kier alpha value is -0.780. The quantitative estimate of drug-likeness (QED) is 0.852. The summed E-state index contributed by atoms with van der Waals surface area (Å²) in [5, 5.41) is 8.98. The Labute approximate surface area is 97.7 Å². The van der Waals surface area contributed by atoms with Crippen LogP contribution in [-0.4, -0.2) is 17.4 Å². The van der Waals surface area contributed by atoms with Crippen LogP contribution in [0.5, 0.6) is 0 Å². The number of aliphatic hydroxyl groups excluding tert-OH is 1. The molecule has 16 heavy (non-hydrogen) atoms. The zero-order valence-corrected chi connectivity index (χ0v) is 9.35. The first-order valence-electron chi connectivity index (χ1n) is 4.40. The molecule has 0 saturated heterocycles. The highest BCUT2D eigenvalue weighted by Gasteiger charge is 2.42. The number of aryl methyl sites for hydroxylation is 1. The molecule has 0 bridgehead atoms. The van der Waals surface area contributed by atoms with E-state index < -0.39 is 18.3 Å². The average molecular weight is 256 g/mol. The summed E-state index contributed by atoms with van der Waals surface area (Å²) in [5.41, 5.74) is 6.30. The maximum absolute atomic E-state index is 12.2. The molecule has 3 N–H and O–H groups in total. The normalized spacial score (nSPS) is 15.1. The summed E-state index contributed by atoms with van der Waals surface area (Å²) in [7, 11) is 0. The topological polar surface area (TPSA) is 46.2 Å². The van der Waals surface area contributed by atoms with Crippen LogP contribution in [0, 0.1) is 6.92 Å². The first kappa shape index (κ1) is 15.2. The van der Waals surface area contributed by atoms with Crippen molar-refractivity contribution in [3.8, 4) is 0 Å². The highest BCUT2D eigenvalue weighted by atomic mass is 35.5. The molecule has 0 amide bonds. The summed E-state index contributed by atoms with van der Waals surface area (Å²) in [6.07, 6.45) is -7.22. The largest absolute Gasteiger partial charge is 0.416 e. The van der Waals surface area contributed by atoms with Crippen molar-refractivity contribution >= 4 is 12.4 Å². The zero-order valence-electron chi connectivity index (χ0n) is 8.53. The maximum Gasteiger partial charge on any atom is 0.416 e. The molecule has 2 atom stereocenters. The van der Waals surface area contributed by atoms with Gasteiger partial charge in [0.2, 0.25) is 0 Å². The number of rotatable bonds is 2. The van der Waals surface area contributed by atoms with Crippen molar-refractivity contribution in [2.75, 3.05) is 0 Å². The minimum absolute atomic E-state index is 0. The van der Waals surface area contributed by atoms with Gasteiger partial charge in [-0.1, -0.05) is 24.3 Å². The number of nitrogens with two attached hydrogens (primary N) is 1. The van der Waals surface area contributed by atoms with Crippen LogP contribution in [-0.2, 0) is 0 Å². The van der Waals surface area contributed by atoms with Crippen LogP contribution < -0.4 is 5.73 Å². The third-order valence-electron chi connectivity index (χ3n) is 2.22. The van der Waals surface area contributed by atoms with Gasteiger partial charge in [-0.2, -0.15) is 13.2 Å². The molecule has 0 aromatic heterocycles. The summed E-state index contributed by atoms with van der Waals surface area (Å²) >= 11 is 0. The fourth-order valence-electron chi connectivity index (χ4n) is 1.33. The van der Waals surface area contributed by atoms with Crippen LogP contribution in [0.3, 0.4) is 0 Å². The molecule has 6 heteroatoms. The van der Waals surface area contributed by atoms with E-state index in [1.165, 1.54) is 6.07 Å². The zero-order chi connectivity index (χ0) is 11.6. The third kappa shape index (κ3) is 3.37. The predicted octanol–water partition coefficient (Wildman–Crippen LogP) is 2.34. The van der Waals surface area contributed by atoms with E-state index in [9.17, 15) is 13.2 Å². The molecule has 0 fully saturated rings. The van der Waals surface area contributed by atoms with E-state index in [1.807, 2.05) is 0 Å². The molecular formula is C10H13ClF3NO. The van der Waals surface area contributed by atoms with Crippen molar-refractivity contribution < 1.29 is 18.3 Å². The predicted molar refractivity (Wildman–Crippen MR) is 57.4 cm³/mol. The van der Waals surface area contributed by atoms with E-state index >= 15 is 0 Å². The molecule has 0 aliphatic rings. The van der Waals surface area contributed by atoms with Gasteiger partial charge in [0.1, 0.15) is 0 Å². The highest BCUT2D eigenvalue weighted by molar-refractivity contribution is 5.85. The average Bonchev–Trinajstić information content (AvgIpc) is 2.15. The molecule has 2 nitrogen and oxygen atoms in total. The van der Waals surface area contributed by atoms with Gasteiger partial charge in [-0.3, -0.25) is 0 Å². The second-order valence-corrected chi connectivity index (χ2v) is 3.37. The van der Waals surface area contributed by atoms with Gasteiger partial charge >= 0.3 is 6.18 Å². The number of hydrogen-bond donors (Lipinski definition) is 2. The van der Waals surface area contributed by atoms with Gasteiger partial charge in [0, 0.05) is 0 Å². The lowest BCUT2D eigenvalue weighted by Gasteiger charge is -2.22. The number of halogens is 4. The lowest BCUT2D eigenvalue weighted by molar-refractivity contribution is -0.210. The Morgan fingerprint density at radius 3 is 2.19 bits per heavy atom. The van der Waals surface area contributed by atoms with Crippen molar-refractivity contribution in [3.05, 3.63) is 35.4 Å². The number of benzene rings is 1. The molecule has 0 saturated carbocycles. The first-order valence-corrected chi connectivity index (χ1v) is 4.40. The summed E-state index contributed by atoms with van der Waals surface area (Å²) < 4.78 is 36.6. The molecule has 1 aromatic rings. The molecular weight excluding hydrogens is 243 g/mol. The van der Waals surface area contributed by atoms with Gasteiger partial charge in [0.15, 0.2) is 6.10 Å².